The Kier molecular flexibility index (Phi) is 12.4. The fraction of sp³-hybridized carbons (Fsp3) is 1.00. The molecule has 0 spiro atoms. The maximum Gasteiger partial charge on any atom is 0.0536 e. The van der Waals surface area contributed by atoms with Crippen LogP contribution in [0.3, 0.4) is 0 Å². The molecule has 1 nitrogen and oxygen atoms in total. The largest absolute Gasteiger partial charge is 0.304 e. The van der Waals surface area contributed by atoms with Crippen molar-refractivity contribution in [2.24, 2.45) is 0 Å². The lowest BCUT2D eigenvalue weighted by Crippen LogP contribution is -2.36. The van der Waals surface area contributed by atoms with Crippen LogP contribution in [0.1, 0.15) is 108 Å². The Bertz CT molecular complexity index is 380. The van der Waals surface area contributed by atoms with Crippen molar-refractivity contribution in [3.8, 4) is 0 Å². The summed E-state index contributed by atoms with van der Waals surface area (Å²) >= 11 is 0. The van der Waals surface area contributed by atoms with E-state index in [-0.39, 0.29) is 0 Å². The maximum absolute atomic E-state index is 7.68. The van der Waals surface area contributed by atoms with Crippen LogP contribution < -0.4 is 0 Å². The molecule has 0 amide bonds. The van der Waals surface area contributed by atoms with Gasteiger partial charge in [0.15, 0.2) is 0 Å². The average molecular weight is 454 g/mol. The minimum absolute atomic E-state index is 0.518. The van der Waals surface area contributed by atoms with Gasteiger partial charge < -0.3 is 4.90 Å². The van der Waals surface area contributed by atoms with E-state index in [9.17, 15) is 0 Å². The lowest BCUT2D eigenvalue weighted by Gasteiger charge is -2.34. The average Bonchev–Trinajstić information content (AvgIpc) is 2.88. The van der Waals surface area contributed by atoms with Crippen LogP contribution in [0.15, 0.2) is 0 Å². The van der Waals surface area contributed by atoms with Crippen LogP contribution in [-0.2, 0) is 0 Å². The molecule has 0 aromatic heterocycles. The van der Waals surface area contributed by atoms with E-state index < -0.39 is 16.1 Å². The lowest BCUT2D eigenvalue weighted by atomic mass is 10.3. The van der Waals surface area contributed by atoms with Gasteiger partial charge in [-0.2, -0.15) is 0 Å². The summed E-state index contributed by atoms with van der Waals surface area (Å²) in [4.78, 5) is 2.62. The van der Waals surface area contributed by atoms with E-state index in [4.69, 9.17) is 8.22 Å². The van der Waals surface area contributed by atoms with Gasteiger partial charge in [-0.15, -0.1) is 0 Å². The van der Waals surface area contributed by atoms with E-state index in [1.807, 2.05) is 0 Å². The molecule has 0 N–H and O–H groups in total. The third-order valence-corrected chi connectivity index (χ3v) is 18.4. The number of nitrogens with zero attached hydrogens (tertiary/aromatic N) is 1. The van der Waals surface area contributed by atoms with Crippen LogP contribution >= 0.6 is 0 Å². The fourth-order valence-electron chi connectivity index (χ4n) is 5.53. The van der Waals surface area contributed by atoms with Gasteiger partial charge in [0, 0.05) is 8.22 Å². The van der Waals surface area contributed by atoms with Gasteiger partial charge in [-0.25, -0.2) is 0 Å². The summed E-state index contributed by atoms with van der Waals surface area (Å²) < 4.78 is 46.1. The summed E-state index contributed by atoms with van der Waals surface area (Å²) in [6.45, 7) is 8.76. The molecule has 0 atom stereocenters. The van der Waals surface area contributed by atoms with Crippen molar-refractivity contribution in [3.05, 3.63) is 0 Å². The second-order valence-corrected chi connectivity index (χ2v) is 19.3. The molecule has 0 fully saturated rings. The summed E-state index contributed by atoms with van der Waals surface area (Å²) in [6, 6.07) is 9.93. The molecule has 0 rings (SSSR count). The molecule has 0 aliphatic carbocycles. The predicted octanol–water partition coefficient (Wildman–Crippen LogP) is 9.45. The quantitative estimate of drug-likeness (QED) is 0.156. The van der Waals surface area contributed by atoms with Crippen LogP contribution in [0, 0.1) is 0 Å². The van der Waals surface area contributed by atoms with Crippen molar-refractivity contribution >= 4 is 16.1 Å². The van der Waals surface area contributed by atoms with Crippen LogP contribution in [0.25, 0.3) is 0 Å². The van der Waals surface area contributed by atoms with Gasteiger partial charge in [-0.3, -0.25) is 0 Å². The van der Waals surface area contributed by atoms with Crippen LogP contribution in [0.5, 0.6) is 0 Å². The first kappa shape index (κ1) is 20.0. The van der Waals surface area contributed by atoms with Crippen LogP contribution in [0.2, 0.25) is 48.4 Å². The summed E-state index contributed by atoms with van der Waals surface area (Å²) in [5.74, 6) is 0. The molecule has 29 heavy (non-hydrogen) atoms. The van der Waals surface area contributed by atoms with Crippen molar-refractivity contribution < 1.29 is 8.22 Å². The van der Waals surface area contributed by atoms with Gasteiger partial charge in [0.05, 0.1) is 16.1 Å². The van der Waals surface area contributed by atoms with Gasteiger partial charge in [-0.05, 0) is 32.5 Å². The highest BCUT2D eigenvalue weighted by molar-refractivity contribution is 6.80. The zero-order chi connectivity index (χ0) is 26.3. The van der Waals surface area contributed by atoms with E-state index in [2.05, 4.69) is 11.8 Å². The molecule has 0 unspecified atom stereocenters. The third kappa shape index (κ3) is 12.1. The summed E-state index contributed by atoms with van der Waals surface area (Å²) in [6.07, 6.45) is 8.47. The topological polar surface area (TPSA) is 3.24 Å². The van der Waals surface area contributed by atoms with Crippen LogP contribution in [0.4, 0.5) is 0 Å². The monoisotopic (exact) mass is 453 g/mol. The highest BCUT2D eigenvalue weighted by Gasteiger charge is 2.30. The summed E-state index contributed by atoms with van der Waals surface area (Å²) in [5.41, 5.74) is 0. The minimum Gasteiger partial charge on any atom is -0.304 e. The standard InChI is InChI=1S/C26H59NSi2/c1-8-19-28(20-9-2,21-10-3)25-15-17-27(14-7)18-16-26-29(22-11-4,23-12-5)24-13-6/h8-26H2,1-7H3/i1T,2T,3T,4T,5T,6T. The van der Waals surface area contributed by atoms with Gasteiger partial charge >= 0.3 is 0 Å². The van der Waals surface area contributed by atoms with Gasteiger partial charge in [-0.1, -0.05) is 135 Å². The van der Waals surface area contributed by atoms with Gasteiger partial charge in [0.1, 0.15) is 0 Å². The zero-order valence-corrected chi connectivity index (χ0v) is 22.1. The highest BCUT2D eigenvalue weighted by Crippen LogP contribution is 2.33. The molecule has 0 aromatic rings. The Balaban J connectivity index is 4.96. The number of hydrogen-bond donors (Lipinski definition) is 0. The smallest absolute Gasteiger partial charge is 0.0536 e. The second-order valence-electron chi connectivity index (χ2n) is 9.26. The Hall–Kier alpha value is 0.394. The molecule has 0 saturated heterocycles. The van der Waals surface area contributed by atoms with Crippen molar-refractivity contribution in [2.45, 2.75) is 148 Å². The van der Waals surface area contributed by atoms with Crippen molar-refractivity contribution in [2.75, 3.05) is 19.6 Å². The first-order valence-electron chi connectivity index (χ1n) is 16.7. The first-order valence-corrected chi connectivity index (χ1v) is 18.1. The number of rotatable bonds is 21. The van der Waals surface area contributed by atoms with E-state index in [0.29, 0.717) is 41.4 Å². The minimum atomic E-state index is -1.48. The third-order valence-electron chi connectivity index (χ3n) is 7.05. The molecule has 3 heteroatoms. The summed E-state index contributed by atoms with van der Waals surface area (Å²) in [5, 5.41) is 0. The normalized spacial score (nSPS) is 15.5. The maximum atomic E-state index is 7.68. The zero-order valence-electron chi connectivity index (χ0n) is 26.1. The molecular formula is C26H59NSi2. The van der Waals surface area contributed by atoms with Gasteiger partial charge in [0.25, 0.3) is 0 Å². The van der Waals surface area contributed by atoms with E-state index in [0.717, 1.165) is 58.2 Å². The Morgan fingerprint density at radius 3 is 1.07 bits per heavy atom. The van der Waals surface area contributed by atoms with Crippen molar-refractivity contribution in [3.63, 3.8) is 0 Å². The molecule has 0 radical (unpaired) electrons. The predicted molar refractivity (Wildman–Crippen MR) is 143 cm³/mol. The summed E-state index contributed by atoms with van der Waals surface area (Å²) in [7, 11) is -2.95. The molecule has 0 aliphatic rings. The molecule has 0 heterocycles. The molecular weight excluding hydrogens is 382 g/mol. The van der Waals surface area contributed by atoms with E-state index >= 15 is 0 Å². The molecule has 0 saturated carbocycles. The van der Waals surface area contributed by atoms with Crippen LogP contribution in [-0.4, -0.2) is 40.7 Å². The lowest BCUT2D eigenvalue weighted by molar-refractivity contribution is 0.288. The second kappa shape index (κ2) is 18.0. The molecule has 0 aliphatic heterocycles. The van der Waals surface area contributed by atoms with E-state index in [1.165, 1.54) is 61.2 Å². The highest BCUT2D eigenvalue weighted by atomic mass is 28.3. The van der Waals surface area contributed by atoms with Crippen molar-refractivity contribution in [1.82, 2.24) is 4.90 Å². The fourth-order valence-corrected chi connectivity index (χ4v) is 14.8. The molecule has 0 aromatic carbocycles. The van der Waals surface area contributed by atoms with Crippen molar-refractivity contribution in [1.29, 1.82) is 0 Å². The van der Waals surface area contributed by atoms with E-state index in [1.54, 1.807) is 0 Å². The Morgan fingerprint density at radius 1 is 0.517 bits per heavy atom. The Morgan fingerprint density at radius 2 is 0.828 bits per heavy atom. The van der Waals surface area contributed by atoms with Gasteiger partial charge in [0.2, 0.25) is 0 Å². The number of hydrogen-bond acceptors (Lipinski definition) is 1. The first-order chi connectivity index (χ1) is 17.0. The Labute approximate surface area is 197 Å². The SMILES string of the molecule is [3H]CCC[Si](CCC[3H])(CCC[3H])CCCN(CC)CCC[Si](CCC[3H])(CCC[3H])CCC[3H]. The molecule has 176 valence electrons. The molecule has 0 bridgehead atoms.